The van der Waals surface area contributed by atoms with E-state index in [1.165, 1.54) is 5.01 Å². The predicted molar refractivity (Wildman–Crippen MR) is 88.0 cm³/mol. The fourth-order valence-corrected chi connectivity index (χ4v) is 2.23. The highest BCUT2D eigenvalue weighted by molar-refractivity contribution is 6.43. The van der Waals surface area contributed by atoms with Gasteiger partial charge in [0.1, 0.15) is 17.2 Å². The molecule has 0 fully saturated rings. The maximum Gasteiger partial charge on any atom is 0.299 e. The first-order valence-corrected chi connectivity index (χ1v) is 7.01. The number of benzene rings is 1. The van der Waals surface area contributed by atoms with Crippen LogP contribution >= 0.6 is 0 Å². The van der Waals surface area contributed by atoms with Gasteiger partial charge in [-0.15, -0.1) is 0 Å². The van der Waals surface area contributed by atoms with Crippen molar-refractivity contribution in [3.05, 3.63) is 29.5 Å². The average molecular weight is 312 g/mol. The zero-order valence-electron chi connectivity index (χ0n) is 13.3. The summed E-state index contributed by atoms with van der Waals surface area (Å²) in [5.74, 6) is 1.17. The Hall–Kier alpha value is -2.96. The minimum absolute atomic E-state index is 0.289. The summed E-state index contributed by atoms with van der Waals surface area (Å²) in [4.78, 5) is 20.4. The molecule has 118 valence electrons. The molecule has 7 heteroatoms. The number of fused-ring (bicyclic) bond motifs is 1. The lowest BCUT2D eigenvalue weighted by Gasteiger charge is -2.18. The van der Waals surface area contributed by atoms with E-state index in [0.717, 1.165) is 17.0 Å². The number of aliphatic imine (C=N–C) groups is 2. The summed E-state index contributed by atoms with van der Waals surface area (Å²) in [6, 6.07) is 5.36. The van der Waals surface area contributed by atoms with Crippen molar-refractivity contribution in [1.82, 2.24) is 5.01 Å². The van der Waals surface area contributed by atoms with E-state index in [4.69, 9.17) is 9.47 Å². The van der Waals surface area contributed by atoms with Crippen LogP contribution in [0, 0.1) is 0 Å². The van der Waals surface area contributed by atoms with Crippen molar-refractivity contribution < 1.29 is 14.3 Å². The quantitative estimate of drug-likeness (QED) is 0.801. The molecule has 0 saturated carbocycles. The molecule has 1 aromatic rings. The van der Waals surface area contributed by atoms with E-state index in [-0.39, 0.29) is 11.9 Å². The molecule has 0 spiro atoms. The average Bonchev–Trinajstić information content (AvgIpc) is 2.83. The zero-order valence-corrected chi connectivity index (χ0v) is 13.3. The number of carbonyl (C=O) groups is 1. The second-order valence-electron chi connectivity index (χ2n) is 5.05. The molecule has 0 saturated heterocycles. The fourth-order valence-electron chi connectivity index (χ4n) is 2.23. The number of carbonyl (C=O) groups excluding carboxylic acids is 1. The molecule has 0 N–H and O–H groups in total. The molecule has 0 radical (unpaired) electrons. The monoisotopic (exact) mass is 312 g/mol. The number of guanidine groups is 1. The summed E-state index contributed by atoms with van der Waals surface area (Å²) in [5, 5.41) is 5.83. The van der Waals surface area contributed by atoms with Crippen LogP contribution < -0.4 is 9.47 Å². The molecular formula is C16H16N4O3. The first-order valence-electron chi connectivity index (χ1n) is 7.01. The van der Waals surface area contributed by atoms with Gasteiger partial charge in [-0.1, -0.05) is 0 Å². The van der Waals surface area contributed by atoms with Crippen LogP contribution in [0.5, 0.6) is 11.5 Å². The summed E-state index contributed by atoms with van der Waals surface area (Å²) < 4.78 is 10.5. The Morgan fingerprint density at radius 2 is 1.87 bits per heavy atom. The smallest absolute Gasteiger partial charge is 0.299 e. The Morgan fingerprint density at radius 1 is 1.09 bits per heavy atom. The second kappa shape index (κ2) is 5.68. The van der Waals surface area contributed by atoms with Gasteiger partial charge in [-0.05, 0) is 32.1 Å². The van der Waals surface area contributed by atoms with E-state index in [0.29, 0.717) is 17.2 Å². The van der Waals surface area contributed by atoms with Gasteiger partial charge < -0.3 is 9.47 Å². The normalized spacial score (nSPS) is 18.4. The van der Waals surface area contributed by atoms with Crippen LogP contribution in [-0.4, -0.2) is 42.5 Å². The first-order chi connectivity index (χ1) is 11.0. The van der Waals surface area contributed by atoms with Gasteiger partial charge in [-0.3, -0.25) is 4.79 Å². The topological polar surface area (TPSA) is 75.8 Å². The molecule has 1 aromatic carbocycles. The summed E-state index contributed by atoms with van der Waals surface area (Å²) >= 11 is 0. The summed E-state index contributed by atoms with van der Waals surface area (Å²) in [6.45, 7) is 3.67. The molecule has 3 rings (SSSR count). The number of hydrogen-bond acceptors (Lipinski definition) is 6. The molecule has 23 heavy (non-hydrogen) atoms. The van der Waals surface area contributed by atoms with Crippen molar-refractivity contribution in [3.8, 4) is 11.5 Å². The van der Waals surface area contributed by atoms with Crippen molar-refractivity contribution in [2.45, 2.75) is 13.8 Å². The second-order valence-corrected chi connectivity index (χ2v) is 5.05. The van der Waals surface area contributed by atoms with E-state index in [2.05, 4.69) is 15.1 Å². The molecule has 7 nitrogen and oxygen atoms in total. The largest absolute Gasteiger partial charge is 0.497 e. The van der Waals surface area contributed by atoms with Crippen LogP contribution in [0.1, 0.15) is 19.4 Å². The first kappa shape index (κ1) is 15.0. The highest BCUT2D eigenvalue weighted by atomic mass is 16.5. The zero-order chi connectivity index (χ0) is 16.6. The summed E-state index contributed by atoms with van der Waals surface area (Å²) in [6.07, 6.45) is 1.68. The number of hydrazone groups is 1. The molecule has 0 aliphatic carbocycles. The van der Waals surface area contributed by atoms with Gasteiger partial charge in [0, 0.05) is 11.6 Å². The van der Waals surface area contributed by atoms with Crippen LogP contribution in [0.3, 0.4) is 0 Å². The van der Waals surface area contributed by atoms with Gasteiger partial charge in [0.05, 0.1) is 25.6 Å². The molecule has 0 atom stereocenters. The van der Waals surface area contributed by atoms with Crippen molar-refractivity contribution in [3.63, 3.8) is 0 Å². The third-order valence-electron chi connectivity index (χ3n) is 3.61. The van der Waals surface area contributed by atoms with Crippen LogP contribution in [0.15, 0.2) is 39.0 Å². The SMILES string of the molecule is COc1ccc(C=C2C(=O)N=C3N=C(C)C(C)=NN23)c(OC)c1. The van der Waals surface area contributed by atoms with Crippen LogP contribution in [-0.2, 0) is 4.79 Å². The van der Waals surface area contributed by atoms with Crippen LogP contribution in [0.4, 0.5) is 0 Å². The number of hydrogen-bond donors (Lipinski definition) is 0. The molecule has 0 unspecified atom stereocenters. The Bertz CT molecular complexity index is 806. The number of ether oxygens (including phenoxy) is 2. The predicted octanol–water partition coefficient (Wildman–Crippen LogP) is 2.09. The van der Waals surface area contributed by atoms with Gasteiger partial charge in [0.25, 0.3) is 11.9 Å². The van der Waals surface area contributed by atoms with Crippen molar-refractivity contribution >= 4 is 29.4 Å². The third kappa shape index (κ3) is 2.61. The van der Waals surface area contributed by atoms with Gasteiger partial charge in [0.15, 0.2) is 0 Å². The van der Waals surface area contributed by atoms with E-state index < -0.39 is 0 Å². The molecule has 0 bridgehead atoms. The van der Waals surface area contributed by atoms with E-state index in [1.807, 2.05) is 19.9 Å². The lowest BCUT2D eigenvalue weighted by molar-refractivity contribution is -0.114. The van der Waals surface area contributed by atoms with Crippen molar-refractivity contribution in [2.24, 2.45) is 15.1 Å². The molecule has 1 amide bonds. The number of methoxy groups -OCH3 is 2. The Kier molecular flexibility index (Phi) is 3.69. The lowest BCUT2D eigenvalue weighted by atomic mass is 10.1. The Balaban J connectivity index is 2.03. The molecule has 0 aromatic heterocycles. The van der Waals surface area contributed by atoms with Gasteiger partial charge in [-0.2, -0.15) is 15.1 Å². The summed E-state index contributed by atoms with van der Waals surface area (Å²) in [5.41, 5.74) is 2.55. The van der Waals surface area contributed by atoms with E-state index in [9.17, 15) is 4.79 Å². The highest BCUT2D eigenvalue weighted by Crippen LogP contribution is 2.29. The summed E-state index contributed by atoms with van der Waals surface area (Å²) in [7, 11) is 3.14. The maximum absolute atomic E-state index is 12.2. The van der Waals surface area contributed by atoms with Crippen LogP contribution in [0.25, 0.3) is 6.08 Å². The van der Waals surface area contributed by atoms with Crippen molar-refractivity contribution in [1.29, 1.82) is 0 Å². The highest BCUT2D eigenvalue weighted by Gasteiger charge is 2.32. The van der Waals surface area contributed by atoms with Gasteiger partial charge in [0.2, 0.25) is 0 Å². The number of amides is 1. The minimum atomic E-state index is -0.382. The minimum Gasteiger partial charge on any atom is -0.497 e. The van der Waals surface area contributed by atoms with Gasteiger partial charge >= 0.3 is 0 Å². The van der Waals surface area contributed by atoms with Crippen LogP contribution in [0.2, 0.25) is 0 Å². The standard InChI is InChI=1S/C16H16N4O3/c1-9-10(2)19-20-13(15(21)18-16(20)17-9)7-11-5-6-12(22-3)8-14(11)23-4/h5-8H,1-4H3. The third-order valence-corrected chi connectivity index (χ3v) is 3.61. The molecule has 2 aliphatic rings. The maximum atomic E-state index is 12.2. The number of rotatable bonds is 3. The lowest BCUT2D eigenvalue weighted by Crippen LogP contribution is -2.28. The van der Waals surface area contributed by atoms with Gasteiger partial charge in [-0.25, -0.2) is 4.99 Å². The molecule has 2 heterocycles. The number of nitrogens with zero attached hydrogens (tertiary/aromatic N) is 4. The Labute approximate surface area is 133 Å². The van der Waals surface area contributed by atoms with Crippen molar-refractivity contribution in [2.75, 3.05) is 14.2 Å². The van der Waals surface area contributed by atoms with E-state index >= 15 is 0 Å². The fraction of sp³-hybridized carbons (Fsp3) is 0.250. The van der Waals surface area contributed by atoms with E-state index in [1.54, 1.807) is 32.4 Å². The molecule has 2 aliphatic heterocycles. The molecular weight excluding hydrogens is 296 g/mol. The Morgan fingerprint density at radius 3 is 2.57 bits per heavy atom.